The van der Waals surface area contributed by atoms with Crippen molar-refractivity contribution in [1.82, 2.24) is 10.6 Å². The van der Waals surface area contributed by atoms with Crippen LogP contribution in [0.15, 0.2) is 42.5 Å². The number of hydrogen-bond donors (Lipinski definition) is 2. The number of hydrogen-bond acceptors (Lipinski definition) is 1. The Balaban J connectivity index is 2.43. The van der Waals surface area contributed by atoms with E-state index in [0.717, 1.165) is 5.57 Å². The summed E-state index contributed by atoms with van der Waals surface area (Å²) in [5, 5.41) is 7.00. The van der Waals surface area contributed by atoms with Gasteiger partial charge < -0.3 is 10.6 Å². The second-order valence-electron chi connectivity index (χ2n) is 3.92. The van der Waals surface area contributed by atoms with E-state index >= 15 is 0 Å². The molecule has 0 amide bonds. The molecule has 3 heteroatoms. The first-order valence-corrected chi connectivity index (χ1v) is 5.74. The van der Waals surface area contributed by atoms with Crippen LogP contribution >= 0.6 is 12.2 Å². The Hall–Kier alpha value is -1.35. The van der Waals surface area contributed by atoms with Crippen LogP contribution in [0.5, 0.6) is 0 Å². The number of benzene rings is 1. The van der Waals surface area contributed by atoms with Gasteiger partial charge in [0.1, 0.15) is 0 Å². The average Bonchev–Trinajstić information content (AvgIpc) is 2.27. The maximum Gasteiger partial charge on any atom is 0.167 e. The molecular formula is C13H18N2S. The molecule has 1 aromatic rings. The Labute approximate surface area is 103 Å². The molecule has 0 radical (unpaired) electrons. The lowest BCUT2D eigenvalue weighted by atomic mass is 10.1. The van der Waals surface area contributed by atoms with Gasteiger partial charge in [0.2, 0.25) is 0 Å². The van der Waals surface area contributed by atoms with Gasteiger partial charge in [-0.15, -0.1) is 0 Å². The van der Waals surface area contributed by atoms with Crippen LogP contribution < -0.4 is 10.6 Å². The highest BCUT2D eigenvalue weighted by Crippen LogP contribution is 2.10. The molecule has 0 aliphatic rings. The molecule has 0 spiro atoms. The minimum Gasteiger partial charge on any atom is -0.359 e. The molecule has 0 aliphatic heterocycles. The SMILES string of the molecule is C=C(C)CNC(=S)N[C@@H](C)c1ccccc1. The number of rotatable bonds is 4. The second kappa shape index (κ2) is 6.28. The van der Waals surface area contributed by atoms with Gasteiger partial charge in [0.25, 0.3) is 0 Å². The standard InChI is InChI=1S/C13H18N2S/c1-10(2)9-14-13(16)15-11(3)12-7-5-4-6-8-12/h4-8,11H,1,9H2,2-3H3,(H2,14,15,16)/t11-/m0/s1. The van der Waals surface area contributed by atoms with Crippen LogP contribution in [0, 0.1) is 0 Å². The van der Waals surface area contributed by atoms with Gasteiger partial charge in [-0.25, -0.2) is 0 Å². The van der Waals surface area contributed by atoms with Crippen molar-refractivity contribution in [3.8, 4) is 0 Å². The average molecular weight is 234 g/mol. The minimum absolute atomic E-state index is 0.214. The van der Waals surface area contributed by atoms with Crippen LogP contribution in [0.3, 0.4) is 0 Å². The Morgan fingerprint density at radius 2 is 2.00 bits per heavy atom. The topological polar surface area (TPSA) is 24.1 Å². The van der Waals surface area contributed by atoms with Crippen molar-refractivity contribution in [2.45, 2.75) is 19.9 Å². The van der Waals surface area contributed by atoms with E-state index in [0.29, 0.717) is 11.7 Å². The molecule has 0 heterocycles. The van der Waals surface area contributed by atoms with E-state index < -0.39 is 0 Å². The summed E-state index contributed by atoms with van der Waals surface area (Å²) in [6.07, 6.45) is 0. The fraction of sp³-hybridized carbons (Fsp3) is 0.308. The molecule has 16 heavy (non-hydrogen) atoms. The molecule has 0 aromatic heterocycles. The van der Waals surface area contributed by atoms with Crippen molar-refractivity contribution in [2.75, 3.05) is 6.54 Å². The first-order chi connectivity index (χ1) is 7.59. The number of thiocarbonyl (C=S) groups is 1. The van der Waals surface area contributed by atoms with Crippen molar-refractivity contribution in [1.29, 1.82) is 0 Å². The zero-order valence-corrected chi connectivity index (χ0v) is 10.6. The molecule has 0 aliphatic carbocycles. The van der Waals surface area contributed by atoms with Gasteiger partial charge >= 0.3 is 0 Å². The third-order valence-electron chi connectivity index (χ3n) is 2.20. The smallest absolute Gasteiger partial charge is 0.167 e. The third kappa shape index (κ3) is 4.45. The van der Waals surface area contributed by atoms with Gasteiger partial charge in [-0.05, 0) is 31.6 Å². The van der Waals surface area contributed by atoms with Gasteiger partial charge in [0, 0.05) is 6.54 Å². The van der Waals surface area contributed by atoms with Crippen molar-refractivity contribution in [3.63, 3.8) is 0 Å². The first-order valence-electron chi connectivity index (χ1n) is 5.33. The molecule has 0 fully saturated rings. The third-order valence-corrected chi connectivity index (χ3v) is 2.46. The van der Waals surface area contributed by atoms with Crippen molar-refractivity contribution in [3.05, 3.63) is 48.0 Å². The summed E-state index contributed by atoms with van der Waals surface area (Å²) < 4.78 is 0. The summed E-state index contributed by atoms with van der Waals surface area (Å²) in [4.78, 5) is 0. The largest absolute Gasteiger partial charge is 0.359 e. The molecule has 2 N–H and O–H groups in total. The predicted molar refractivity (Wildman–Crippen MR) is 73.4 cm³/mol. The lowest BCUT2D eigenvalue weighted by Gasteiger charge is -2.17. The molecule has 0 saturated heterocycles. The zero-order valence-electron chi connectivity index (χ0n) is 9.79. The van der Waals surface area contributed by atoms with E-state index in [1.807, 2.05) is 25.1 Å². The van der Waals surface area contributed by atoms with E-state index in [-0.39, 0.29) is 6.04 Å². The molecule has 86 valence electrons. The lowest BCUT2D eigenvalue weighted by molar-refractivity contribution is 0.704. The van der Waals surface area contributed by atoms with Crippen LogP contribution in [0.25, 0.3) is 0 Å². The summed E-state index contributed by atoms with van der Waals surface area (Å²) >= 11 is 5.19. The van der Waals surface area contributed by atoms with E-state index in [2.05, 4.69) is 36.3 Å². The molecule has 0 unspecified atom stereocenters. The van der Waals surface area contributed by atoms with Crippen LogP contribution in [0.1, 0.15) is 25.5 Å². The first kappa shape index (κ1) is 12.7. The van der Waals surface area contributed by atoms with Gasteiger partial charge in [-0.2, -0.15) is 0 Å². The van der Waals surface area contributed by atoms with Crippen LogP contribution in [-0.2, 0) is 0 Å². The highest BCUT2D eigenvalue weighted by Gasteiger charge is 2.05. The molecular weight excluding hydrogens is 216 g/mol. The van der Waals surface area contributed by atoms with Gasteiger partial charge in [0.05, 0.1) is 6.04 Å². The van der Waals surface area contributed by atoms with Crippen LogP contribution in [-0.4, -0.2) is 11.7 Å². The van der Waals surface area contributed by atoms with E-state index in [1.165, 1.54) is 5.56 Å². The molecule has 1 aromatic carbocycles. The maximum atomic E-state index is 5.19. The van der Waals surface area contributed by atoms with E-state index in [9.17, 15) is 0 Å². The molecule has 0 bridgehead atoms. The summed E-state index contributed by atoms with van der Waals surface area (Å²) in [5.41, 5.74) is 2.29. The predicted octanol–water partition coefficient (Wildman–Crippen LogP) is 2.79. The number of nitrogens with one attached hydrogen (secondary N) is 2. The summed E-state index contributed by atoms with van der Waals surface area (Å²) in [7, 11) is 0. The molecule has 0 saturated carbocycles. The molecule has 1 rings (SSSR count). The lowest BCUT2D eigenvalue weighted by Crippen LogP contribution is -2.37. The monoisotopic (exact) mass is 234 g/mol. The molecule has 1 atom stereocenters. The summed E-state index contributed by atoms with van der Waals surface area (Å²) in [6.45, 7) is 8.59. The second-order valence-corrected chi connectivity index (χ2v) is 4.32. The van der Waals surface area contributed by atoms with Crippen molar-refractivity contribution in [2.24, 2.45) is 0 Å². The Bertz CT molecular complexity index is 359. The normalized spacial score (nSPS) is 11.6. The minimum atomic E-state index is 0.214. The van der Waals surface area contributed by atoms with Crippen molar-refractivity contribution < 1.29 is 0 Å². The van der Waals surface area contributed by atoms with Gasteiger partial charge in [0.15, 0.2) is 5.11 Å². The molecule has 2 nitrogen and oxygen atoms in total. The fourth-order valence-corrected chi connectivity index (χ4v) is 1.55. The summed E-state index contributed by atoms with van der Waals surface area (Å²) in [6, 6.07) is 10.4. The highest BCUT2D eigenvalue weighted by atomic mass is 32.1. The summed E-state index contributed by atoms with van der Waals surface area (Å²) in [5.74, 6) is 0. The highest BCUT2D eigenvalue weighted by molar-refractivity contribution is 7.80. The maximum absolute atomic E-state index is 5.19. The Morgan fingerprint density at radius 3 is 2.56 bits per heavy atom. The van der Waals surface area contributed by atoms with E-state index in [1.54, 1.807) is 0 Å². The van der Waals surface area contributed by atoms with E-state index in [4.69, 9.17) is 12.2 Å². The Morgan fingerprint density at radius 1 is 1.38 bits per heavy atom. The van der Waals surface area contributed by atoms with Crippen molar-refractivity contribution >= 4 is 17.3 Å². The van der Waals surface area contributed by atoms with Gasteiger partial charge in [-0.1, -0.05) is 42.5 Å². The zero-order chi connectivity index (χ0) is 12.0. The van der Waals surface area contributed by atoms with Crippen LogP contribution in [0.4, 0.5) is 0 Å². The van der Waals surface area contributed by atoms with Crippen LogP contribution in [0.2, 0.25) is 0 Å². The Kier molecular flexibility index (Phi) is 4.99. The fourth-order valence-electron chi connectivity index (χ4n) is 1.30. The van der Waals surface area contributed by atoms with Gasteiger partial charge in [-0.3, -0.25) is 0 Å². The quantitative estimate of drug-likeness (QED) is 0.619.